The summed E-state index contributed by atoms with van der Waals surface area (Å²) >= 11 is 0. The fraction of sp³-hybridized carbons (Fsp3) is 0.278. The van der Waals surface area contributed by atoms with E-state index in [0.29, 0.717) is 6.54 Å². The summed E-state index contributed by atoms with van der Waals surface area (Å²) < 4.78 is 5.24. The summed E-state index contributed by atoms with van der Waals surface area (Å²) in [6.07, 6.45) is 0.823. The number of benzene rings is 2. The molecular formula is C18H20N2O2. The van der Waals surface area contributed by atoms with E-state index < -0.39 is 5.54 Å². The lowest BCUT2D eigenvalue weighted by molar-refractivity contribution is -0.123. The molecule has 0 radical (unpaired) electrons. The van der Waals surface area contributed by atoms with Gasteiger partial charge in [-0.15, -0.1) is 0 Å². The van der Waals surface area contributed by atoms with E-state index in [1.54, 1.807) is 18.9 Å². The molecule has 0 bridgehead atoms. The van der Waals surface area contributed by atoms with E-state index in [9.17, 15) is 4.79 Å². The monoisotopic (exact) mass is 296 g/mol. The van der Waals surface area contributed by atoms with Gasteiger partial charge in [-0.25, -0.2) is 0 Å². The van der Waals surface area contributed by atoms with Crippen LogP contribution in [0.5, 0.6) is 5.75 Å². The summed E-state index contributed by atoms with van der Waals surface area (Å²) in [7, 11) is 1.64. The molecule has 4 heteroatoms. The number of fused-ring (bicyclic) bond motifs is 1. The predicted molar refractivity (Wildman–Crippen MR) is 87.0 cm³/mol. The Balaban J connectivity index is 1.92. The van der Waals surface area contributed by atoms with Crippen LogP contribution in [-0.4, -0.2) is 19.6 Å². The molecule has 2 N–H and O–H groups in total. The fourth-order valence-corrected chi connectivity index (χ4v) is 2.90. The van der Waals surface area contributed by atoms with Gasteiger partial charge < -0.3 is 15.4 Å². The van der Waals surface area contributed by atoms with Crippen LogP contribution in [-0.2, 0) is 16.8 Å². The molecule has 1 aliphatic heterocycles. The molecule has 0 spiro atoms. The number of hydrogen-bond donors (Lipinski definition) is 1. The molecule has 0 saturated carbocycles. The Bertz CT molecular complexity index is 695. The van der Waals surface area contributed by atoms with Crippen molar-refractivity contribution in [2.75, 3.05) is 18.6 Å². The van der Waals surface area contributed by atoms with Crippen molar-refractivity contribution >= 4 is 11.6 Å². The molecule has 0 aromatic heterocycles. The summed E-state index contributed by atoms with van der Waals surface area (Å²) in [5, 5.41) is 0. The zero-order valence-electron chi connectivity index (χ0n) is 12.9. The molecule has 0 saturated heterocycles. The molecule has 2 aromatic rings. The van der Waals surface area contributed by atoms with Crippen LogP contribution in [0.25, 0.3) is 0 Å². The van der Waals surface area contributed by atoms with Crippen LogP contribution in [0.4, 0.5) is 5.69 Å². The average Bonchev–Trinajstić information content (AvgIpc) is 2.97. The molecule has 1 amide bonds. The number of amides is 1. The van der Waals surface area contributed by atoms with Crippen LogP contribution in [0.15, 0.2) is 48.5 Å². The van der Waals surface area contributed by atoms with E-state index >= 15 is 0 Å². The van der Waals surface area contributed by atoms with Crippen molar-refractivity contribution in [2.45, 2.75) is 18.9 Å². The molecule has 2 aromatic carbocycles. The quantitative estimate of drug-likeness (QED) is 0.946. The number of nitrogens with zero attached hydrogens (tertiary/aromatic N) is 1. The third-order valence-corrected chi connectivity index (χ3v) is 4.25. The Labute approximate surface area is 130 Å². The lowest BCUT2D eigenvalue weighted by Gasteiger charge is -2.30. The van der Waals surface area contributed by atoms with Gasteiger partial charge >= 0.3 is 0 Å². The number of nitrogens with two attached hydrogens (primary N) is 1. The maximum Gasteiger partial charge on any atom is 0.251 e. The molecule has 3 rings (SSSR count). The van der Waals surface area contributed by atoms with E-state index in [2.05, 4.69) is 0 Å². The normalized spacial score (nSPS) is 16.0. The van der Waals surface area contributed by atoms with E-state index in [4.69, 9.17) is 10.5 Å². The van der Waals surface area contributed by atoms with Crippen molar-refractivity contribution in [1.29, 1.82) is 0 Å². The van der Waals surface area contributed by atoms with Gasteiger partial charge in [0.15, 0.2) is 0 Å². The topological polar surface area (TPSA) is 55.6 Å². The van der Waals surface area contributed by atoms with E-state index in [1.807, 2.05) is 48.5 Å². The number of carbonyl (C=O) groups is 1. The second-order valence-corrected chi connectivity index (χ2v) is 5.77. The molecule has 1 heterocycles. The number of ether oxygens (including phenoxy) is 1. The zero-order valence-corrected chi connectivity index (χ0v) is 12.9. The predicted octanol–water partition coefficient (Wildman–Crippen LogP) is 2.46. The zero-order chi connectivity index (χ0) is 15.7. The third kappa shape index (κ3) is 2.35. The number of methoxy groups -OCH3 is 1. The lowest BCUT2D eigenvalue weighted by Crippen LogP contribution is -2.50. The second kappa shape index (κ2) is 5.46. The number of hydrogen-bond acceptors (Lipinski definition) is 3. The van der Waals surface area contributed by atoms with Crippen molar-refractivity contribution < 1.29 is 9.53 Å². The highest BCUT2D eigenvalue weighted by molar-refractivity contribution is 6.02. The van der Waals surface area contributed by atoms with Crippen molar-refractivity contribution in [1.82, 2.24) is 0 Å². The highest BCUT2D eigenvalue weighted by Crippen LogP contribution is 2.34. The molecule has 0 fully saturated rings. The lowest BCUT2D eigenvalue weighted by atomic mass is 9.91. The van der Waals surface area contributed by atoms with Gasteiger partial charge in [-0.1, -0.05) is 30.3 Å². The molecule has 0 aliphatic carbocycles. The van der Waals surface area contributed by atoms with Gasteiger partial charge in [0.1, 0.15) is 11.3 Å². The first-order valence-corrected chi connectivity index (χ1v) is 7.37. The SMILES string of the molecule is COc1ccc2c(c1)CCN2C(=O)C(C)(N)c1ccccc1. The Morgan fingerprint density at radius 2 is 1.95 bits per heavy atom. The fourth-order valence-electron chi connectivity index (χ4n) is 2.90. The first-order chi connectivity index (χ1) is 10.5. The van der Waals surface area contributed by atoms with Gasteiger partial charge in [0, 0.05) is 12.2 Å². The first kappa shape index (κ1) is 14.6. The van der Waals surface area contributed by atoms with Gasteiger partial charge in [-0.2, -0.15) is 0 Å². The molecule has 4 nitrogen and oxygen atoms in total. The molecular weight excluding hydrogens is 276 g/mol. The Morgan fingerprint density at radius 3 is 2.64 bits per heavy atom. The molecule has 1 atom stereocenters. The smallest absolute Gasteiger partial charge is 0.251 e. The maximum atomic E-state index is 13.0. The van der Waals surface area contributed by atoms with E-state index in [0.717, 1.165) is 29.0 Å². The molecule has 1 unspecified atom stereocenters. The van der Waals surface area contributed by atoms with Crippen molar-refractivity contribution in [2.24, 2.45) is 5.73 Å². The Morgan fingerprint density at radius 1 is 1.23 bits per heavy atom. The number of rotatable bonds is 3. The summed E-state index contributed by atoms with van der Waals surface area (Å²) in [5.74, 6) is 0.731. The minimum atomic E-state index is -1.04. The summed E-state index contributed by atoms with van der Waals surface area (Å²) in [6.45, 7) is 2.42. The van der Waals surface area contributed by atoms with Crippen LogP contribution in [0.3, 0.4) is 0 Å². The average molecular weight is 296 g/mol. The number of carbonyl (C=O) groups excluding carboxylic acids is 1. The van der Waals surface area contributed by atoms with Gasteiger partial charge in [-0.05, 0) is 42.7 Å². The van der Waals surface area contributed by atoms with Crippen LogP contribution in [0.1, 0.15) is 18.1 Å². The van der Waals surface area contributed by atoms with Gasteiger partial charge in [0.2, 0.25) is 0 Å². The molecule has 22 heavy (non-hydrogen) atoms. The van der Waals surface area contributed by atoms with E-state index in [-0.39, 0.29) is 5.91 Å². The third-order valence-electron chi connectivity index (χ3n) is 4.25. The van der Waals surface area contributed by atoms with Gasteiger partial charge in [0.05, 0.1) is 7.11 Å². The largest absolute Gasteiger partial charge is 0.497 e. The highest BCUT2D eigenvalue weighted by atomic mass is 16.5. The standard InChI is InChI=1S/C18H20N2O2/c1-18(19,14-6-4-3-5-7-14)17(21)20-11-10-13-12-15(22-2)8-9-16(13)20/h3-9,12H,10-11,19H2,1-2H3. The van der Waals surface area contributed by atoms with Crippen molar-refractivity contribution in [3.63, 3.8) is 0 Å². The Kier molecular flexibility index (Phi) is 3.62. The van der Waals surface area contributed by atoms with Crippen molar-refractivity contribution in [3.8, 4) is 5.75 Å². The van der Waals surface area contributed by atoms with Gasteiger partial charge in [0.25, 0.3) is 5.91 Å². The summed E-state index contributed by atoms with van der Waals surface area (Å²) in [5.41, 5.74) is 8.19. The van der Waals surface area contributed by atoms with Gasteiger partial charge in [-0.3, -0.25) is 4.79 Å². The van der Waals surface area contributed by atoms with Crippen molar-refractivity contribution in [3.05, 3.63) is 59.7 Å². The number of anilines is 1. The maximum absolute atomic E-state index is 13.0. The molecule has 1 aliphatic rings. The van der Waals surface area contributed by atoms with E-state index in [1.165, 1.54) is 0 Å². The summed E-state index contributed by atoms with van der Waals surface area (Å²) in [4.78, 5) is 14.7. The minimum absolute atomic E-state index is 0.0809. The van der Waals surface area contributed by atoms with Crippen LogP contribution in [0.2, 0.25) is 0 Å². The van der Waals surface area contributed by atoms with Crippen LogP contribution < -0.4 is 15.4 Å². The Hall–Kier alpha value is -2.33. The second-order valence-electron chi connectivity index (χ2n) is 5.77. The molecule has 114 valence electrons. The van der Waals surface area contributed by atoms with Crippen LogP contribution >= 0.6 is 0 Å². The van der Waals surface area contributed by atoms with Crippen LogP contribution in [0, 0.1) is 0 Å². The first-order valence-electron chi connectivity index (χ1n) is 7.37. The summed E-state index contributed by atoms with van der Waals surface area (Å²) in [6, 6.07) is 15.3. The highest BCUT2D eigenvalue weighted by Gasteiger charge is 2.37. The minimum Gasteiger partial charge on any atom is -0.497 e.